The third-order valence-electron chi connectivity index (χ3n) is 4.68. The fraction of sp³-hybridized carbons (Fsp3) is 0.435. The SMILES string of the molecule is Cc1cccc(OCCNC(=O)CCCN(c2ccccc2C(C)C)S(C)(=O)=O)c1. The Bertz CT molecular complexity index is 942. The molecule has 0 heterocycles. The number of benzene rings is 2. The summed E-state index contributed by atoms with van der Waals surface area (Å²) in [6, 6.07) is 15.2. The van der Waals surface area contributed by atoms with Gasteiger partial charge in [0.05, 0.1) is 18.5 Å². The Morgan fingerprint density at radius 1 is 1.13 bits per heavy atom. The van der Waals surface area contributed by atoms with Crippen LogP contribution < -0.4 is 14.4 Å². The highest BCUT2D eigenvalue weighted by atomic mass is 32.2. The van der Waals surface area contributed by atoms with Crippen molar-refractivity contribution in [3.8, 4) is 5.75 Å². The number of carbonyl (C=O) groups is 1. The molecule has 0 atom stereocenters. The molecule has 164 valence electrons. The van der Waals surface area contributed by atoms with Gasteiger partial charge in [0.1, 0.15) is 12.4 Å². The summed E-state index contributed by atoms with van der Waals surface area (Å²) in [5, 5.41) is 2.82. The normalized spacial score (nSPS) is 11.4. The van der Waals surface area contributed by atoms with E-state index in [0.29, 0.717) is 25.3 Å². The number of anilines is 1. The third-order valence-corrected chi connectivity index (χ3v) is 5.86. The minimum Gasteiger partial charge on any atom is -0.492 e. The predicted molar refractivity (Wildman–Crippen MR) is 122 cm³/mol. The van der Waals surface area contributed by atoms with Gasteiger partial charge in [-0.05, 0) is 48.6 Å². The summed E-state index contributed by atoms with van der Waals surface area (Å²) < 4.78 is 31.7. The third kappa shape index (κ3) is 7.37. The Morgan fingerprint density at radius 3 is 2.53 bits per heavy atom. The number of nitrogens with zero attached hydrogens (tertiary/aromatic N) is 1. The summed E-state index contributed by atoms with van der Waals surface area (Å²) >= 11 is 0. The number of hydrogen-bond donors (Lipinski definition) is 1. The molecule has 0 aromatic heterocycles. The second-order valence-electron chi connectivity index (χ2n) is 7.67. The molecular formula is C23H32N2O4S. The Kier molecular flexibility index (Phi) is 8.72. The zero-order valence-corrected chi connectivity index (χ0v) is 19.0. The second kappa shape index (κ2) is 11.0. The molecule has 30 heavy (non-hydrogen) atoms. The molecule has 0 saturated carbocycles. The topological polar surface area (TPSA) is 75.7 Å². The van der Waals surface area contributed by atoms with Crippen molar-refractivity contribution < 1.29 is 17.9 Å². The van der Waals surface area contributed by atoms with Gasteiger partial charge in [-0.1, -0.05) is 44.2 Å². The largest absolute Gasteiger partial charge is 0.492 e. The fourth-order valence-electron chi connectivity index (χ4n) is 3.20. The molecule has 0 unspecified atom stereocenters. The molecule has 6 nitrogen and oxygen atoms in total. The fourth-order valence-corrected chi connectivity index (χ4v) is 4.19. The molecule has 0 aliphatic heterocycles. The van der Waals surface area contributed by atoms with Crippen LogP contribution in [0.3, 0.4) is 0 Å². The summed E-state index contributed by atoms with van der Waals surface area (Å²) in [6.45, 7) is 7.10. The summed E-state index contributed by atoms with van der Waals surface area (Å²) in [6.07, 6.45) is 1.89. The molecule has 2 aromatic carbocycles. The lowest BCUT2D eigenvalue weighted by molar-refractivity contribution is -0.121. The number of rotatable bonds is 11. The van der Waals surface area contributed by atoms with Crippen LogP contribution in [0, 0.1) is 6.92 Å². The average molecular weight is 433 g/mol. The number of amides is 1. The molecule has 0 fully saturated rings. The van der Waals surface area contributed by atoms with Crippen LogP contribution >= 0.6 is 0 Å². The van der Waals surface area contributed by atoms with Gasteiger partial charge in [-0.15, -0.1) is 0 Å². The molecule has 1 N–H and O–H groups in total. The molecule has 2 rings (SSSR count). The van der Waals surface area contributed by atoms with Crippen molar-refractivity contribution in [2.75, 3.05) is 30.3 Å². The zero-order valence-electron chi connectivity index (χ0n) is 18.2. The van der Waals surface area contributed by atoms with E-state index < -0.39 is 10.0 Å². The Hall–Kier alpha value is -2.54. The van der Waals surface area contributed by atoms with Gasteiger partial charge in [-0.3, -0.25) is 9.10 Å². The molecule has 0 saturated heterocycles. The van der Waals surface area contributed by atoms with Gasteiger partial charge in [0.2, 0.25) is 15.9 Å². The zero-order chi connectivity index (χ0) is 22.1. The summed E-state index contributed by atoms with van der Waals surface area (Å²) in [7, 11) is -3.45. The molecule has 7 heteroatoms. The molecule has 2 aromatic rings. The second-order valence-corrected chi connectivity index (χ2v) is 9.57. The number of carbonyl (C=O) groups excluding carboxylic acids is 1. The highest BCUT2D eigenvalue weighted by Crippen LogP contribution is 2.29. The van der Waals surface area contributed by atoms with Crippen LogP contribution in [0.25, 0.3) is 0 Å². The van der Waals surface area contributed by atoms with Crippen molar-refractivity contribution in [3.05, 3.63) is 59.7 Å². The quantitative estimate of drug-likeness (QED) is 0.547. The molecule has 0 aliphatic carbocycles. The standard InChI is InChI=1S/C23H32N2O4S/c1-18(2)21-11-5-6-12-22(21)25(30(4,27)28)15-8-13-23(26)24-14-16-29-20-10-7-9-19(3)17-20/h5-7,9-12,17-18H,8,13-16H2,1-4H3,(H,24,26). The van der Waals surface area contributed by atoms with E-state index in [9.17, 15) is 13.2 Å². The average Bonchev–Trinajstić information content (AvgIpc) is 2.67. The predicted octanol–water partition coefficient (Wildman–Crippen LogP) is 3.86. The van der Waals surface area contributed by atoms with Gasteiger partial charge in [-0.25, -0.2) is 8.42 Å². The van der Waals surface area contributed by atoms with E-state index in [-0.39, 0.29) is 24.8 Å². The summed E-state index contributed by atoms with van der Waals surface area (Å²) in [4.78, 5) is 12.1. The first-order valence-corrected chi connectivity index (χ1v) is 12.1. The number of para-hydroxylation sites is 1. The molecule has 0 bridgehead atoms. The highest BCUT2D eigenvalue weighted by molar-refractivity contribution is 7.92. The van der Waals surface area contributed by atoms with E-state index >= 15 is 0 Å². The molecule has 0 spiro atoms. The van der Waals surface area contributed by atoms with E-state index in [1.165, 1.54) is 10.6 Å². The first-order valence-electron chi connectivity index (χ1n) is 10.2. The smallest absolute Gasteiger partial charge is 0.232 e. The summed E-state index contributed by atoms with van der Waals surface area (Å²) in [5.41, 5.74) is 2.77. The number of ether oxygens (including phenoxy) is 1. The van der Waals surface area contributed by atoms with Crippen LogP contribution in [0.15, 0.2) is 48.5 Å². The van der Waals surface area contributed by atoms with Gasteiger partial charge in [0.15, 0.2) is 0 Å². The van der Waals surface area contributed by atoms with Crippen LogP contribution in [0.2, 0.25) is 0 Å². The molecular weight excluding hydrogens is 400 g/mol. The molecule has 1 amide bonds. The minimum atomic E-state index is -3.45. The van der Waals surface area contributed by atoms with E-state index in [4.69, 9.17) is 4.74 Å². The van der Waals surface area contributed by atoms with E-state index in [0.717, 1.165) is 16.9 Å². The van der Waals surface area contributed by atoms with Crippen LogP contribution in [0.4, 0.5) is 5.69 Å². The van der Waals surface area contributed by atoms with Gasteiger partial charge in [-0.2, -0.15) is 0 Å². The number of nitrogens with one attached hydrogen (secondary N) is 1. The van der Waals surface area contributed by atoms with Crippen molar-refractivity contribution in [2.24, 2.45) is 0 Å². The molecule has 0 radical (unpaired) electrons. The Balaban J connectivity index is 1.83. The van der Waals surface area contributed by atoms with E-state index in [1.54, 1.807) is 0 Å². The van der Waals surface area contributed by atoms with Crippen LogP contribution in [-0.2, 0) is 14.8 Å². The summed E-state index contributed by atoms with van der Waals surface area (Å²) in [5.74, 6) is 0.854. The molecule has 0 aliphatic rings. The van der Waals surface area contributed by atoms with Crippen molar-refractivity contribution in [1.82, 2.24) is 5.32 Å². The van der Waals surface area contributed by atoms with Gasteiger partial charge in [0, 0.05) is 13.0 Å². The Labute approximate surface area is 180 Å². The maximum Gasteiger partial charge on any atom is 0.232 e. The van der Waals surface area contributed by atoms with Gasteiger partial charge >= 0.3 is 0 Å². The van der Waals surface area contributed by atoms with Crippen LogP contribution in [0.5, 0.6) is 5.75 Å². The number of aryl methyl sites for hydroxylation is 1. The number of hydrogen-bond acceptors (Lipinski definition) is 4. The maximum atomic E-state index is 12.4. The van der Waals surface area contributed by atoms with Crippen molar-refractivity contribution in [2.45, 2.75) is 39.5 Å². The van der Waals surface area contributed by atoms with Gasteiger partial charge < -0.3 is 10.1 Å². The first-order chi connectivity index (χ1) is 14.2. The van der Waals surface area contributed by atoms with Crippen molar-refractivity contribution in [3.63, 3.8) is 0 Å². The maximum absolute atomic E-state index is 12.4. The van der Waals surface area contributed by atoms with Crippen molar-refractivity contribution in [1.29, 1.82) is 0 Å². The monoisotopic (exact) mass is 432 g/mol. The minimum absolute atomic E-state index is 0.117. The lowest BCUT2D eigenvalue weighted by Gasteiger charge is -2.26. The van der Waals surface area contributed by atoms with Gasteiger partial charge in [0.25, 0.3) is 0 Å². The highest BCUT2D eigenvalue weighted by Gasteiger charge is 2.21. The Morgan fingerprint density at radius 2 is 1.87 bits per heavy atom. The number of sulfonamides is 1. The lowest BCUT2D eigenvalue weighted by atomic mass is 10.0. The van der Waals surface area contributed by atoms with Crippen molar-refractivity contribution >= 4 is 21.6 Å². The van der Waals surface area contributed by atoms with E-state index in [2.05, 4.69) is 5.32 Å². The first kappa shape index (κ1) is 23.7. The van der Waals surface area contributed by atoms with E-state index in [1.807, 2.05) is 69.3 Å². The van der Waals surface area contributed by atoms with Crippen LogP contribution in [-0.4, -0.2) is 40.3 Å². The lowest BCUT2D eigenvalue weighted by Crippen LogP contribution is -2.33. The van der Waals surface area contributed by atoms with Crippen LogP contribution in [0.1, 0.15) is 43.7 Å².